The molecule has 1 aliphatic heterocycles. The Hall–Kier alpha value is -0.120. The molecule has 0 aromatic carbocycles. The lowest BCUT2D eigenvalue weighted by molar-refractivity contribution is -0.0571. The zero-order chi connectivity index (χ0) is 7.61. The minimum absolute atomic E-state index is 0.0694. The van der Waals surface area contributed by atoms with Crippen molar-refractivity contribution in [3.05, 3.63) is 0 Å². The maximum absolute atomic E-state index is 5.76. The van der Waals surface area contributed by atoms with Crippen molar-refractivity contribution in [1.82, 2.24) is 0 Å². The SMILES string of the molecule is CC(C)(N)CC1OCCO1. The lowest BCUT2D eigenvalue weighted by Crippen LogP contribution is -2.36. The van der Waals surface area contributed by atoms with E-state index in [1.165, 1.54) is 0 Å². The van der Waals surface area contributed by atoms with E-state index in [9.17, 15) is 0 Å². The van der Waals surface area contributed by atoms with Gasteiger partial charge in [0.15, 0.2) is 6.29 Å². The van der Waals surface area contributed by atoms with Gasteiger partial charge in [-0.25, -0.2) is 0 Å². The molecule has 3 heteroatoms. The van der Waals surface area contributed by atoms with Gasteiger partial charge in [0.1, 0.15) is 0 Å². The Morgan fingerprint density at radius 3 is 2.30 bits per heavy atom. The lowest BCUT2D eigenvalue weighted by atomic mass is 10.0. The van der Waals surface area contributed by atoms with Gasteiger partial charge in [0, 0.05) is 12.0 Å². The van der Waals surface area contributed by atoms with Crippen molar-refractivity contribution < 1.29 is 9.47 Å². The van der Waals surface area contributed by atoms with Crippen LogP contribution in [0.5, 0.6) is 0 Å². The number of ether oxygens (including phenoxy) is 2. The van der Waals surface area contributed by atoms with Crippen molar-refractivity contribution in [2.24, 2.45) is 5.73 Å². The van der Waals surface area contributed by atoms with E-state index in [0.717, 1.165) is 6.42 Å². The summed E-state index contributed by atoms with van der Waals surface area (Å²) >= 11 is 0. The van der Waals surface area contributed by atoms with Crippen LogP contribution in [0, 0.1) is 0 Å². The van der Waals surface area contributed by atoms with Gasteiger partial charge in [-0.15, -0.1) is 0 Å². The molecule has 1 heterocycles. The smallest absolute Gasteiger partial charge is 0.159 e. The molecule has 2 N–H and O–H groups in total. The maximum Gasteiger partial charge on any atom is 0.159 e. The normalized spacial score (nSPS) is 21.9. The van der Waals surface area contributed by atoms with Crippen molar-refractivity contribution in [1.29, 1.82) is 0 Å². The molecule has 0 saturated carbocycles. The van der Waals surface area contributed by atoms with Gasteiger partial charge < -0.3 is 15.2 Å². The van der Waals surface area contributed by atoms with Crippen molar-refractivity contribution in [3.63, 3.8) is 0 Å². The predicted octanol–water partition coefficient (Wildman–Crippen LogP) is 0.487. The highest BCUT2D eigenvalue weighted by molar-refractivity contribution is 4.74. The number of hydrogen-bond acceptors (Lipinski definition) is 3. The van der Waals surface area contributed by atoms with Gasteiger partial charge in [0.2, 0.25) is 0 Å². The number of nitrogens with two attached hydrogens (primary N) is 1. The van der Waals surface area contributed by atoms with E-state index < -0.39 is 0 Å². The molecular formula is C7H15NO2. The van der Waals surface area contributed by atoms with Crippen LogP contribution < -0.4 is 5.73 Å². The summed E-state index contributed by atoms with van der Waals surface area (Å²) in [4.78, 5) is 0. The van der Waals surface area contributed by atoms with E-state index in [4.69, 9.17) is 15.2 Å². The van der Waals surface area contributed by atoms with Crippen LogP contribution in [0.3, 0.4) is 0 Å². The minimum atomic E-state index is -0.186. The summed E-state index contributed by atoms with van der Waals surface area (Å²) in [5.74, 6) is 0. The Bertz CT molecular complexity index is 103. The predicted molar refractivity (Wildman–Crippen MR) is 38.6 cm³/mol. The molecule has 0 bridgehead atoms. The summed E-state index contributed by atoms with van der Waals surface area (Å²) in [7, 11) is 0. The molecule has 0 spiro atoms. The third-order valence-electron chi connectivity index (χ3n) is 1.38. The molecule has 1 aliphatic rings. The highest BCUT2D eigenvalue weighted by atomic mass is 16.7. The fourth-order valence-corrected chi connectivity index (χ4v) is 0.955. The number of hydrogen-bond donors (Lipinski definition) is 1. The molecule has 10 heavy (non-hydrogen) atoms. The van der Waals surface area contributed by atoms with Gasteiger partial charge in [-0.05, 0) is 13.8 Å². The van der Waals surface area contributed by atoms with Gasteiger partial charge in [-0.3, -0.25) is 0 Å². The van der Waals surface area contributed by atoms with Gasteiger partial charge in [-0.2, -0.15) is 0 Å². The molecule has 1 rings (SSSR count). The first kappa shape index (κ1) is 7.98. The van der Waals surface area contributed by atoms with Gasteiger partial charge >= 0.3 is 0 Å². The first-order chi connectivity index (χ1) is 4.58. The van der Waals surface area contributed by atoms with E-state index in [1.54, 1.807) is 0 Å². The van der Waals surface area contributed by atoms with Crippen LogP contribution >= 0.6 is 0 Å². The summed E-state index contributed by atoms with van der Waals surface area (Å²) in [6.45, 7) is 5.36. The Kier molecular flexibility index (Phi) is 2.28. The summed E-state index contributed by atoms with van der Waals surface area (Å²) in [5, 5.41) is 0. The molecule has 60 valence electrons. The Morgan fingerprint density at radius 1 is 1.40 bits per heavy atom. The summed E-state index contributed by atoms with van der Waals surface area (Å²) < 4.78 is 10.5. The summed E-state index contributed by atoms with van der Waals surface area (Å²) in [5.41, 5.74) is 5.57. The molecule has 0 unspecified atom stereocenters. The lowest BCUT2D eigenvalue weighted by Gasteiger charge is -2.21. The molecule has 1 saturated heterocycles. The van der Waals surface area contributed by atoms with E-state index >= 15 is 0 Å². The van der Waals surface area contributed by atoms with Crippen LogP contribution in [0.25, 0.3) is 0 Å². The minimum Gasteiger partial charge on any atom is -0.350 e. The van der Waals surface area contributed by atoms with E-state index in [1.807, 2.05) is 13.8 Å². The highest BCUT2D eigenvalue weighted by Gasteiger charge is 2.23. The molecule has 0 aliphatic carbocycles. The van der Waals surface area contributed by atoms with Crippen LogP contribution in [0.1, 0.15) is 20.3 Å². The molecule has 3 nitrogen and oxygen atoms in total. The fourth-order valence-electron chi connectivity index (χ4n) is 0.955. The molecule has 0 atom stereocenters. The molecule has 0 radical (unpaired) electrons. The first-order valence-corrected chi connectivity index (χ1v) is 3.60. The maximum atomic E-state index is 5.76. The number of rotatable bonds is 2. The van der Waals surface area contributed by atoms with Crippen LogP contribution in [0.4, 0.5) is 0 Å². The van der Waals surface area contributed by atoms with Crippen molar-refractivity contribution >= 4 is 0 Å². The van der Waals surface area contributed by atoms with E-state index in [-0.39, 0.29) is 11.8 Å². The summed E-state index contributed by atoms with van der Waals surface area (Å²) in [6.07, 6.45) is 0.701. The van der Waals surface area contributed by atoms with Crippen LogP contribution in [-0.2, 0) is 9.47 Å². The Morgan fingerprint density at radius 2 is 1.90 bits per heavy atom. The molecular weight excluding hydrogens is 130 g/mol. The van der Waals surface area contributed by atoms with Crippen LogP contribution in [-0.4, -0.2) is 25.0 Å². The molecule has 0 aromatic rings. The van der Waals surface area contributed by atoms with E-state index in [0.29, 0.717) is 13.2 Å². The zero-order valence-electron chi connectivity index (χ0n) is 6.59. The fraction of sp³-hybridized carbons (Fsp3) is 1.00. The van der Waals surface area contributed by atoms with Crippen LogP contribution in [0.2, 0.25) is 0 Å². The zero-order valence-corrected chi connectivity index (χ0v) is 6.59. The van der Waals surface area contributed by atoms with Gasteiger partial charge in [0.05, 0.1) is 13.2 Å². The summed E-state index contributed by atoms with van der Waals surface area (Å²) in [6, 6.07) is 0. The topological polar surface area (TPSA) is 44.5 Å². The third kappa shape index (κ3) is 2.64. The van der Waals surface area contributed by atoms with Gasteiger partial charge in [0.25, 0.3) is 0 Å². The second-order valence-electron chi connectivity index (χ2n) is 3.36. The molecule has 0 aromatic heterocycles. The second kappa shape index (κ2) is 2.86. The second-order valence-corrected chi connectivity index (χ2v) is 3.36. The monoisotopic (exact) mass is 145 g/mol. The average molecular weight is 145 g/mol. The quantitative estimate of drug-likeness (QED) is 0.615. The Labute approximate surface area is 61.5 Å². The van der Waals surface area contributed by atoms with Crippen LogP contribution in [0.15, 0.2) is 0 Å². The van der Waals surface area contributed by atoms with Crippen molar-refractivity contribution in [3.8, 4) is 0 Å². The first-order valence-electron chi connectivity index (χ1n) is 3.60. The largest absolute Gasteiger partial charge is 0.350 e. The average Bonchev–Trinajstić information content (AvgIpc) is 2.12. The molecule has 1 fully saturated rings. The van der Waals surface area contributed by atoms with Gasteiger partial charge in [-0.1, -0.05) is 0 Å². The Balaban J connectivity index is 2.24. The third-order valence-corrected chi connectivity index (χ3v) is 1.38. The standard InChI is InChI=1S/C7H15NO2/c1-7(2,8)5-6-9-3-4-10-6/h6H,3-5,8H2,1-2H3. The van der Waals surface area contributed by atoms with Crippen molar-refractivity contribution in [2.45, 2.75) is 32.1 Å². The molecule has 0 amide bonds. The van der Waals surface area contributed by atoms with Crippen molar-refractivity contribution in [2.75, 3.05) is 13.2 Å². The highest BCUT2D eigenvalue weighted by Crippen LogP contribution is 2.15. The van der Waals surface area contributed by atoms with E-state index in [2.05, 4.69) is 0 Å².